The van der Waals surface area contributed by atoms with E-state index in [1.54, 1.807) is 43.3 Å². The number of ether oxygens (including phenoxy) is 3. The Balaban J connectivity index is 2.10. The molecule has 0 spiro atoms. The van der Waals surface area contributed by atoms with Crippen LogP contribution in [0.2, 0.25) is 5.02 Å². The minimum absolute atomic E-state index is 0.353. The van der Waals surface area contributed by atoms with E-state index in [4.69, 9.17) is 25.8 Å². The highest BCUT2D eigenvalue weighted by atomic mass is 35.5. The van der Waals surface area contributed by atoms with Gasteiger partial charge in [0.15, 0.2) is 6.10 Å². The molecule has 8 nitrogen and oxygen atoms in total. The molecule has 158 valence electrons. The van der Waals surface area contributed by atoms with Gasteiger partial charge in [-0.3, -0.25) is 9.10 Å². The van der Waals surface area contributed by atoms with Crippen molar-refractivity contribution < 1.29 is 27.4 Å². The van der Waals surface area contributed by atoms with Gasteiger partial charge in [0.1, 0.15) is 17.2 Å². The van der Waals surface area contributed by atoms with Gasteiger partial charge in [0.2, 0.25) is 10.0 Å². The monoisotopic (exact) mass is 442 g/mol. The van der Waals surface area contributed by atoms with Gasteiger partial charge in [-0.05, 0) is 31.2 Å². The first kappa shape index (κ1) is 22.6. The molecule has 2 aromatic rings. The van der Waals surface area contributed by atoms with E-state index in [0.717, 1.165) is 10.6 Å². The molecule has 1 atom stereocenters. The highest BCUT2D eigenvalue weighted by Crippen LogP contribution is 2.36. The van der Waals surface area contributed by atoms with Crippen LogP contribution in [0.15, 0.2) is 36.4 Å². The van der Waals surface area contributed by atoms with Gasteiger partial charge in [-0.15, -0.1) is 0 Å². The van der Waals surface area contributed by atoms with Crippen molar-refractivity contribution in [3.63, 3.8) is 0 Å². The molecule has 0 saturated heterocycles. The topological polar surface area (TPSA) is 94.2 Å². The average Bonchev–Trinajstić information content (AvgIpc) is 2.68. The zero-order valence-electron chi connectivity index (χ0n) is 16.7. The number of nitrogens with one attached hydrogen (secondary N) is 1. The van der Waals surface area contributed by atoms with Gasteiger partial charge in [0.25, 0.3) is 5.91 Å². The summed E-state index contributed by atoms with van der Waals surface area (Å²) < 4.78 is 40.4. The zero-order valence-corrected chi connectivity index (χ0v) is 18.3. The first-order valence-electron chi connectivity index (χ1n) is 8.49. The summed E-state index contributed by atoms with van der Waals surface area (Å²) in [4.78, 5) is 12.5. The quantitative estimate of drug-likeness (QED) is 0.674. The van der Waals surface area contributed by atoms with Crippen molar-refractivity contribution in [3.05, 3.63) is 41.4 Å². The number of rotatable bonds is 8. The number of halogens is 1. The minimum atomic E-state index is -3.36. The lowest BCUT2D eigenvalue weighted by Gasteiger charge is -2.19. The Morgan fingerprint density at radius 1 is 1.10 bits per heavy atom. The molecule has 0 unspecified atom stereocenters. The maximum atomic E-state index is 12.5. The molecule has 0 aliphatic rings. The highest BCUT2D eigenvalue weighted by Gasteiger charge is 2.19. The van der Waals surface area contributed by atoms with Gasteiger partial charge in [-0.25, -0.2) is 8.42 Å². The number of carbonyl (C=O) groups excluding carboxylic acids is 1. The summed E-state index contributed by atoms with van der Waals surface area (Å²) in [5.74, 6) is 0.774. The molecule has 0 aliphatic heterocycles. The number of anilines is 2. The number of amides is 1. The van der Waals surface area contributed by atoms with Gasteiger partial charge >= 0.3 is 0 Å². The van der Waals surface area contributed by atoms with Crippen molar-refractivity contribution >= 4 is 38.9 Å². The summed E-state index contributed by atoms with van der Waals surface area (Å²) in [7, 11) is 1.02. The summed E-state index contributed by atoms with van der Waals surface area (Å²) >= 11 is 6.07. The second-order valence-electron chi connectivity index (χ2n) is 6.16. The van der Waals surface area contributed by atoms with Crippen molar-refractivity contribution in [2.24, 2.45) is 0 Å². The molecule has 0 saturated carbocycles. The van der Waals surface area contributed by atoms with Crippen molar-refractivity contribution in [2.45, 2.75) is 13.0 Å². The number of benzene rings is 2. The third-order valence-electron chi connectivity index (χ3n) is 4.11. The van der Waals surface area contributed by atoms with Gasteiger partial charge in [-0.1, -0.05) is 11.6 Å². The Kier molecular flexibility index (Phi) is 7.21. The normalized spacial score (nSPS) is 12.1. The number of sulfonamides is 1. The predicted octanol–water partition coefficient (Wildman–Crippen LogP) is 3.16. The van der Waals surface area contributed by atoms with E-state index in [0.29, 0.717) is 33.6 Å². The molecule has 0 aliphatic carbocycles. The van der Waals surface area contributed by atoms with E-state index in [9.17, 15) is 13.2 Å². The predicted molar refractivity (Wildman–Crippen MR) is 113 cm³/mol. The van der Waals surface area contributed by atoms with Crippen LogP contribution in [0.3, 0.4) is 0 Å². The molecule has 1 amide bonds. The Bertz CT molecular complexity index is 979. The van der Waals surface area contributed by atoms with Crippen LogP contribution < -0.4 is 23.8 Å². The Hall–Kier alpha value is -2.65. The summed E-state index contributed by atoms with van der Waals surface area (Å²) in [5, 5.41) is 3.07. The first-order chi connectivity index (χ1) is 13.6. The SMILES string of the molecule is COc1cc(NC(=O)[C@H](C)Oc2ccc(N(C)S(C)(=O)=O)cc2)c(OC)cc1Cl. The van der Waals surface area contributed by atoms with Crippen LogP contribution in [0.4, 0.5) is 11.4 Å². The van der Waals surface area contributed by atoms with Crippen molar-refractivity contribution in [1.29, 1.82) is 0 Å². The Morgan fingerprint density at radius 3 is 2.21 bits per heavy atom. The summed E-state index contributed by atoms with van der Waals surface area (Å²) in [6.45, 7) is 1.59. The Morgan fingerprint density at radius 2 is 1.69 bits per heavy atom. The molecule has 0 bridgehead atoms. The molecule has 0 fully saturated rings. The number of nitrogens with zero attached hydrogens (tertiary/aromatic N) is 1. The summed E-state index contributed by atoms with van der Waals surface area (Å²) in [6.07, 6.45) is 0.281. The lowest BCUT2D eigenvalue weighted by Crippen LogP contribution is -2.30. The standard InChI is InChI=1S/C19H23ClN2O6S/c1-12(28-14-8-6-13(7-9-14)22(2)29(5,24)25)19(23)21-16-11-17(26-3)15(20)10-18(16)27-4/h6-12H,1-5H3,(H,21,23)/t12-/m0/s1. The van der Waals surface area contributed by atoms with Crippen molar-refractivity contribution in [1.82, 2.24) is 0 Å². The van der Waals surface area contributed by atoms with E-state index >= 15 is 0 Å². The molecular formula is C19H23ClN2O6S. The van der Waals surface area contributed by atoms with E-state index in [1.165, 1.54) is 21.3 Å². The lowest BCUT2D eigenvalue weighted by atomic mass is 10.2. The van der Waals surface area contributed by atoms with E-state index in [2.05, 4.69) is 5.32 Å². The minimum Gasteiger partial charge on any atom is -0.495 e. The second-order valence-corrected chi connectivity index (χ2v) is 8.58. The molecule has 1 N–H and O–H groups in total. The number of methoxy groups -OCH3 is 2. The third kappa shape index (κ3) is 5.68. The van der Waals surface area contributed by atoms with E-state index < -0.39 is 22.0 Å². The van der Waals surface area contributed by atoms with Crippen LogP contribution in [0.25, 0.3) is 0 Å². The van der Waals surface area contributed by atoms with Crippen LogP contribution >= 0.6 is 11.6 Å². The molecule has 0 radical (unpaired) electrons. The maximum Gasteiger partial charge on any atom is 0.265 e. The molecule has 0 heterocycles. The van der Waals surface area contributed by atoms with E-state index in [-0.39, 0.29) is 0 Å². The van der Waals surface area contributed by atoms with Crippen LogP contribution in [0, 0.1) is 0 Å². The fourth-order valence-electron chi connectivity index (χ4n) is 2.38. The van der Waals surface area contributed by atoms with Crippen LogP contribution in [-0.2, 0) is 14.8 Å². The highest BCUT2D eigenvalue weighted by molar-refractivity contribution is 7.92. The molecule has 29 heavy (non-hydrogen) atoms. The van der Waals surface area contributed by atoms with Gasteiger partial charge in [0.05, 0.1) is 36.9 Å². The van der Waals surface area contributed by atoms with Crippen molar-refractivity contribution in [3.8, 4) is 17.2 Å². The number of hydrogen-bond acceptors (Lipinski definition) is 6. The van der Waals surface area contributed by atoms with Crippen LogP contribution in [-0.4, -0.2) is 48.0 Å². The van der Waals surface area contributed by atoms with Crippen LogP contribution in [0.1, 0.15) is 6.92 Å². The first-order valence-corrected chi connectivity index (χ1v) is 10.7. The van der Waals surface area contributed by atoms with Gasteiger partial charge < -0.3 is 19.5 Å². The summed E-state index contributed by atoms with van der Waals surface area (Å²) in [5.41, 5.74) is 0.870. The van der Waals surface area contributed by atoms with Crippen molar-refractivity contribution in [2.75, 3.05) is 37.1 Å². The molecule has 10 heteroatoms. The molecule has 2 rings (SSSR count). The smallest absolute Gasteiger partial charge is 0.265 e. The largest absolute Gasteiger partial charge is 0.495 e. The van der Waals surface area contributed by atoms with Gasteiger partial charge in [0, 0.05) is 19.2 Å². The van der Waals surface area contributed by atoms with Crippen LogP contribution in [0.5, 0.6) is 17.2 Å². The van der Waals surface area contributed by atoms with Gasteiger partial charge in [-0.2, -0.15) is 0 Å². The average molecular weight is 443 g/mol. The zero-order chi connectivity index (χ0) is 21.8. The van der Waals surface area contributed by atoms with E-state index in [1.807, 2.05) is 0 Å². The second kappa shape index (κ2) is 9.23. The maximum absolute atomic E-state index is 12.5. The molecule has 0 aromatic heterocycles. The number of carbonyl (C=O) groups is 1. The fraction of sp³-hybridized carbons (Fsp3) is 0.316. The molecule has 2 aromatic carbocycles. The summed E-state index contributed by atoms with van der Waals surface area (Å²) in [6, 6.07) is 9.46. The number of hydrogen-bond donors (Lipinski definition) is 1. The molecular weight excluding hydrogens is 420 g/mol. The fourth-order valence-corrected chi connectivity index (χ4v) is 3.11. The third-order valence-corrected chi connectivity index (χ3v) is 5.61. The Labute approximate surface area is 175 Å². The lowest BCUT2D eigenvalue weighted by molar-refractivity contribution is -0.122.